The summed E-state index contributed by atoms with van der Waals surface area (Å²) in [7, 11) is 0. The number of ether oxygens (including phenoxy) is 1. The van der Waals surface area contributed by atoms with E-state index in [2.05, 4.69) is 24.2 Å². The lowest BCUT2D eigenvalue weighted by molar-refractivity contribution is 0.353. The van der Waals surface area contributed by atoms with Gasteiger partial charge in [0.25, 0.3) is 0 Å². The number of benzene rings is 1. The molecule has 0 atom stereocenters. The Morgan fingerprint density at radius 3 is 3.11 bits per heavy atom. The largest absolute Gasteiger partial charge is 0.493 e. The average molecular weight is 243 g/mol. The summed E-state index contributed by atoms with van der Waals surface area (Å²) in [6.45, 7) is 4.24. The van der Waals surface area contributed by atoms with Crippen molar-refractivity contribution in [1.29, 1.82) is 0 Å². The number of nitrogens with two attached hydrogens (primary N) is 1. The molecular formula is C14H17N3O. The van der Waals surface area contributed by atoms with Crippen molar-refractivity contribution < 1.29 is 4.74 Å². The smallest absolute Gasteiger partial charge is 0.127 e. The first-order valence-electron chi connectivity index (χ1n) is 6.34. The number of hydrogen-bond donors (Lipinski definition) is 1. The second kappa shape index (κ2) is 4.46. The molecule has 1 aromatic heterocycles. The molecule has 2 aromatic rings. The Labute approximate surface area is 106 Å². The Bertz CT molecular complexity index is 574. The summed E-state index contributed by atoms with van der Waals surface area (Å²) in [6.07, 6.45) is 2.81. The van der Waals surface area contributed by atoms with Crippen molar-refractivity contribution in [3.05, 3.63) is 35.5 Å². The Hall–Kier alpha value is -1.81. The SMILES string of the molecule is CCn1nccc1-c1cc(CN)c2c(c1)CCO2. The predicted octanol–water partition coefficient (Wildman–Crippen LogP) is 1.96. The number of nitrogens with zero attached hydrogens (tertiary/aromatic N) is 2. The molecule has 94 valence electrons. The molecule has 2 N–H and O–H groups in total. The lowest BCUT2D eigenvalue weighted by Gasteiger charge is -2.10. The van der Waals surface area contributed by atoms with Crippen LogP contribution in [0.15, 0.2) is 24.4 Å². The summed E-state index contributed by atoms with van der Waals surface area (Å²) < 4.78 is 7.64. The van der Waals surface area contributed by atoms with Crippen molar-refractivity contribution in [1.82, 2.24) is 9.78 Å². The molecule has 1 aliphatic rings. The van der Waals surface area contributed by atoms with E-state index < -0.39 is 0 Å². The van der Waals surface area contributed by atoms with E-state index in [0.717, 1.165) is 36.6 Å². The molecule has 2 heterocycles. The van der Waals surface area contributed by atoms with Crippen molar-refractivity contribution in [2.24, 2.45) is 5.73 Å². The molecule has 0 spiro atoms. The van der Waals surface area contributed by atoms with E-state index in [1.54, 1.807) is 0 Å². The van der Waals surface area contributed by atoms with E-state index in [0.29, 0.717) is 6.54 Å². The molecule has 0 fully saturated rings. The number of rotatable bonds is 3. The second-order valence-corrected chi connectivity index (χ2v) is 4.46. The monoisotopic (exact) mass is 243 g/mol. The van der Waals surface area contributed by atoms with E-state index >= 15 is 0 Å². The number of aryl methyl sites for hydroxylation is 1. The van der Waals surface area contributed by atoms with E-state index in [4.69, 9.17) is 10.5 Å². The Morgan fingerprint density at radius 1 is 1.44 bits per heavy atom. The summed E-state index contributed by atoms with van der Waals surface area (Å²) >= 11 is 0. The fourth-order valence-electron chi connectivity index (χ4n) is 2.52. The van der Waals surface area contributed by atoms with E-state index in [1.807, 2.05) is 16.9 Å². The first-order valence-corrected chi connectivity index (χ1v) is 6.34. The van der Waals surface area contributed by atoms with Crippen LogP contribution in [0.2, 0.25) is 0 Å². The molecule has 0 unspecified atom stereocenters. The third-order valence-corrected chi connectivity index (χ3v) is 3.39. The van der Waals surface area contributed by atoms with Crippen molar-refractivity contribution in [3.63, 3.8) is 0 Å². The highest BCUT2D eigenvalue weighted by molar-refractivity contribution is 5.65. The zero-order valence-electron chi connectivity index (χ0n) is 10.5. The Morgan fingerprint density at radius 2 is 2.33 bits per heavy atom. The molecule has 0 saturated carbocycles. The normalized spacial score (nSPS) is 13.4. The van der Waals surface area contributed by atoms with E-state index in [-0.39, 0.29) is 0 Å². The van der Waals surface area contributed by atoms with Gasteiger partial charge in [0.2, 0.25) is 0 Å². The standard InChI is InChI=1S/C14H17N3O/c1-2-17-13(3-5-16-17)11-7-10-4-6-18-14(10)12(8-11)9-15/h3,5,7-8H,2,4,6,9,15H2,1H3. The molecule has 0 saturated heterocycles. The Kier molecular flexibility index (Phi) is 2.80. The van der Waals surface area contributed by atoms with Gasteiger partial charge in [0, 0.05) is 36.8 Å². The zero-order chi connectivity index (χ0) is 12.5. The van der Waals surface area contributed by atoms with Gasteiger partial charge in [-0.05, 0) is 30.7 Å². The molecule has 18 heavy (non-hydrogen) atoms. The summed E-state index contributed by atoms with van der Waals surface area (Å²) in [4.78, 5) is 0. The molecule has 4 heteroatoms. The van der Waals surface area contributed by atoms with Gasteiger partial charge in [0.15, 0.2) is 0 Å². The van der Waals surface area contributed by atoms with Gasteiger partial charge >= 0.3 is 0 Å². The summed E-state index contributed by atoms with van der Waals surface area (Å²) in [5, 5.41) is 4.31. The van der Waals surface area contributed by atoms with Gasteiger partial charge in [-0.2, -0.15) is 5.10 Å². The van der Waals surface area contributed by atoms with Gasteiger partial charge < -0.3 is 10.5 Å². The van der Waals surface area contributed by atoms with Gasteiger partial charge in [0.05, 0.1) is 12.3 Å². The van der Waals surface area contributed by atoms with Gasteiger partial charge in [-0.15, -0.1) is 0 Å². The van der Waals surface area contributed by atoms with Crippen LogP contribution in [0, 0.1) is 0 Å². The van der Waals surface area contributed by atoms with Crippen molar-refractivity contribution in [2.75, 3.05) is 6.61 Å². The Balaban J connectivity index is 2.13. The van der Waals surface area contributed by atoms with Crippen LogP contribution in [0.5, 0.6) is 5.75 Å². The van der Waals surface area contributed by atoms with Crippen molar-refractivity contribution in [3.8, 4) is 17.0 Å². The van der Waals surface area contributed by atoms with Crippen LogP contribution < -0.4 is 10.5 Å². The minimum atomic E-state index is 0.510. The quantitative estimate of drug-likeness (QED) is 0.896. The predicted molar refractivity (Wildman–Crippen MR) is 70.4 cm³/mol. The lowest BCUT2D eigenvalue weighted by atomic mass is 10.0. The minimum Gasteiger partial charge on any atom is -0.493 e. The molecule has 4 nitrogen and oxygen atoms in total. The first kappa shape index (κ1) is 11.3. The van der Waals surface area contributed by atoms with Crippen LogP contribution in [0.3, 0.4) is 0 Å². The van der Waals surface area contributed by atoms with E-state index in [9.17, 15) is 0 Å². The third kappa shape index (κ3) is 1.69. The van der Waals surface area contributed by atoms with Crippen LogP contribution in [0.4, 0.5) is 0 Å². The third-order valence-electron chi connectivity index (χ3n) is 3.39. The van der Waals surface area contributed by atoms with Gasteiger partial charge in [0.1, 0.15) is 5.75 Å². The fraction of sp³-hybridized carbons (Fsp3) is 0.357. The summed E-state index contributed by atoms with van der Waals surface area (Å²) in [5.41, 5.74) is 10.5. The minimum absolute atomic E-state index is 0.510. The highest BCUT2D eigenvalue weighted by atomic mass is 16.5. The molecule has 1 aliphatic heterocycles. The van der Waals surface area contributed by atoms with E-state index in [1.165, 1.54) is 11.1 Å². The van der Waals surface area contributed by atoms with Gasteiger partial charge in [-0.3, -0.25) is 4.68 Å². The zero-order valence-corrected chi connectivity index (χ0v) is 10.5. The van der Waals surface area contributed by atoms with Crippen molar-refractivity contribution >= 4 is 0 Å². The van der Waals surface area contributed by atoms with Crippen LogP contribution >= 0.6 is 0 Å². The molecular weight excluding hydrogens is 226 g/mol. The lowest BCUT2D eigenvalue weighted by Crippen LogP contribution is -2.02. The molecule has 1 aromatic carbocycles. The second-order valence-electron chi connectivity index (χ2n) is 4.46. The summed E-state index contributed by atoms with van der Waals surface area (Å²) in [6, 6.07) is 6.36. The number of aromatic nitrogens is 2. The maximum Gasteiger partial charge on any atom is 0.127 e. The topological polar surface area (TPSA) is 53.1 Å². The molecule has 3 rings (SSSR count). The molecule has 0 amide bonds. The van der Waals surface area contributed by atoms with Crippen LogP contribution in [-0.4, -0.2) is 16.4 Å². The van der Waals surface area contributed by atoms with Crippen LogP contribution in [0.1, 0.15) is 18.1 Å². The number of hydrogen-bond acceptors (Lipinski definition) is 3. The maximum atomic E-state index is 5.81. The molecule has 0 bridgehead atoms. The van der Waals surface area contributed by atoms with Crippen LogP contribution in [-0.2, 0) is 19.5 Å². The maximum absolute atomic E-state index is 5.81. The highest BCUT2D eigenvalue weighted by Gasteiger charge is 2.18. The van der Waals surface area contributed by atoms with Crippen molar-refractivity contribution in [2.45, 2.75) is 26.4 Å². The van der Waals surface area contributed by atoms with Gasteiger partial charge in [-0.25, -0.2) is 0 Å². The summed E-state index contributed by atoms with van der Waals surface area (Å²) in [5.74, 6) is 0.990. The van der Waals surface area contributed by atoms with Crippen LogP contribution in [0.25, 0.3) is 11.3 Å². The number of fused-ring (bicyclic) bond motifs is 1. The van der Waals surface area contributed by atoms with Gasteiger partial charge in [-0.1, -0.05) is 0 Å². The highest BCUT2D eigenvalue weighted by Crippen LogP contribution is 2.34. The molecule has 0 radical (unpaired) electrons. The first-order chi connectivity index (χ1) is 8.83. The fourth-order valence-corrected chi connectivity index (χ4v) is 2.52. The molecule has 0 aliphatic carbocycles. The average Bonchev–Trinajstić information content (AvgIpc) is 3.05.